The number of hydrogen-bond donors (Lipinski definition) is 0. The first-order valence-electron chi connectivity index (χ1n) is 11.1. The van der Waals surface area contributed by atoms with Crippen LogP contribution in [0.1, 0.15) is 37.0 Å². The molecular formula is C29H33O4. The van der Waals surface area contributed by atoms with Crippen LogP contribution in [0.15, 0.2) is 84.9 Å². The predicted octanol–water partition coefficient (Wildman–Crippen LogP) is 6.44. The van der Waals surface area contributed by atoms with Crippen molar-refractivity contribution in [1.82, 2.24) is 0 Å². The van der Waals surface area contributed by atoms with Gasteiger partial charge in [0.15, 0.2) is 11.5 Å². The quantitative estimate of drug-likeness (QED) is 0.360. The van der Waals surface area contributed by atoms with E-state index in [2.05, 4.69) is 0 Å². The third-order valence-corrected chi connectivity index (χ3v) is 5.26. The number of allylic oxidation sites excluding steroid dienone is 1. The molecular weight excluding hydrogens is 412 g/mol. The first-order valence-corrected chi connectivity index (χ1v) is 11.1. The summed E-state index contributed by atoms with van der Waals surface area (Å²) in [5.74, 6) is 1.52. The van der Waals surface area contributed by atoms with Crippen LogP contribution in [-0.4, -0.2) is 26.1 Å². The Morgan fingerprint density at radius 2 is 1.52 bits per heavy atom. The van der Waals surface area contributed by atoms with Crippen molar-refractivity contribution in [2.45, 2.75) is 38.9 Å². The van der Waals surface area contributed by atoms with Crippen LogP contribution in [0, 0.1) is 0 Å². The van der Waals surface area contributed by atoms with Gasteiger partial charge in [0.1, 0.15) is 12.2 Å². The molecule has 173 valence electrons. The SMILES string of the molecule is C/C=C\c1ccc(OCc2ccccc2)c(OC)c1.CCC([C]=O)(Cc1ccccc1)OC. The van der Waals surface area contributed by atoms with Gasteiger partial charge < -0.3 is 14.2 Å². The summed E-state index contributed by atoms with van der Waals surface area (Å²) in [5, 5.41) is 0. The third kappa shape index (κ3) is 8.24. The summed E-state index contributed by atoms with van der Waals surface area (Å²) in [6, 6.07) is 25.9. The number of methoxy groups -OCH3 is 2. The summed E-state index contributed by atoms with van der Waals surface area (Å²) < 4.78 is 16.4. The van der Waals surface area contributed by atoms with Crippen molar-refractivity contribution in [2.75, 3.05) is 14.2 Å². The Hall–Kier alpha value is -3.37. The van der Waals surface area contributed by atoms with Crippen LogP contribution in [0.25, 0.3) is 6.08 Å². The van der Waals surface area contributed by atoms with Gasteiger partial charge in [-0.05, 0) is 42.2 Å². The molecule has 1 unspecified atom stereocenters. The third-order valence-electron chi connectivity index (χ3n) is 5.26. The van der Waals surface area contributed by atoms with Gasteiger partial charge in [-0.1, -0.05) is 85.8 Å². The number of hydrogen-bond acceptors (Lipinski definition) is 4. The van der Waals surface area contributed by atoms with E-state index in [1.807, 2.05) is 111 Å². The Labute approximate surface area is 197 Å². The first-order chi connectivity index (χ1) is 16.1. The van der Waals surface area contributed by atoms with Gasteiger partial charge in [0.25, 0.3) is 0 Å². The van der Waals surface area contributed by atoms with Crippen LogP contribution in [-0.2, 0) is 22.6 Å². The molecule has 3 aromatic rings. The van der Waals surface area contributed by atoms with E-state index in [1.54, 1.807) is 14.2 Å². The molecule has 0 amide bonds. The van der Waals surface area contributed by atoms with Crippen molar-refractivity contribution < 1.29 is 19.0 Å². The summed E-state index contributed by atoms with van der Waals surface area (Å²) in [6.07, 6.45) is 7.25. The highest BCUT2D eigenvalue weighted by Crippen LogP contribution is 2.29. The molecule has 1 radical (unpaired) electrons. The highest BCUT2D eigenvalue weighted by Gasteiger charge is 2.28. The van der Waals surface area contributed by atoms with E-state index in [-0.39, 0.29) is 0 Å². The number of benzene rings is 3. The molecule has 1 atom stereocenters. The van der Waals surface area contributed by atoms with Gasteiger partial charge in [-0.25, -0.2) is 0 Å². The van der Waals surface area contributed by atoms with Crippen LogP contribution in [0.5, 0.6) is 11.5 Å². The Morgan fingerprint density at radius 1 is 0.879 bits per heavy atom. The number of ether oxygens (including phenoxy) is 3. The molecule has 0 aliphatic rings. The Balaban J connectivity index is 0.000000245. The lowest BCUT2D eigenvalue weighted by Crippen LogP contribution is -2.35. The Morgan fingerprint density at radius 3 is 2.03 bits per heavy atom. The van der Waals surface area contributed by atoms with Crippen molar-refractivity contribution in [2.24, 2.45) is 0 Å². The summed E-state index contributed by atoms with van der Waals surface area (Å²) in [4.78, 5) is 10.8. The second-order valence-electron chi connectivity index (χ2n) is 7.50. The van der Waals surface area contributed by atoms with Crippen molar-refractivity contribution >= 4 is 12.4 Å². The molecule has 0 saturated carbocycles. The minimum atomic E-state index is -0.776. The van der Waals surface area contributed by atoms with Crippen LogP contribution in [0.3, 0.4) is 0 Å². The highest BCUT2D eigenvalue weighted by atomic mass is 16.5. The molecule has 0 bridgehead atoms. The summed E-state index contributed by atoms with van der Waals surface area (Å²) in [5.41, 5.74) is 2.56. The van der Waals surface area contributed by atoms with E-state index in [0.717, 1.165) is 28.2 Å². The number of carbonyl (C=O) groups excluding carboxylic acids is 1. The van der Waals surface area contributed by atoms with E-state index in [4.69, 9.17) is 14.2 Å². The Bertz CT molecular complexity index is 977. The molecule has 0 saturated heterocycles. The van der Waals surface area contributed by atoms with Crippen molar-refractivity contribution in [3.8, 4) is 11.5 Å². The molecule has 0 aliphatic heterocycles. The maximum atomic E-state index is 10.8. The average Bonchev–Trinajstić information content (AvgIpc) is 2.88. The monoisotopic (exact) mass is 445 g/mol. The van der Waals surface area contributed by atoms with Gasteiger partial charge in [0, 0.05) is 13.5 Å². The van der Waals surface area contributed by atoms with Crippen LogP contribution < -0.4 is 9.47 Å². The standard InChI is InChI=1S/C17H18O2.C12H15O2/c1-3-7-14-10-11-16(17(12-14)18-2)19-13-15-8-5-4-6-9-15;1-3-12(10-13,14-2)9-11-7-5-4-6-8-11/h3-12H,13H2,1-2H3;4-8H,3,9H2,1-2H3/b7-3-;. The Kier molecular flexibility index (Phi) is 10.9. The van der Waals surface area contributed by atoms with Crippen molar-refractivity contribution in [3.63, 3.8) is 0 Å². The molecule has 3 rings (SSSR count). The zero-order valence-corrected chi connectivity index (χ0v) is 19.9. The average molecular weight is 446 g/mol. The summed E-state index contributed by atoms with van der Waals surface area (Å²) in [6.45, 7) is 4.46. The summed E-state index contributed by atoms with van der Waals surface area (Å²) >= 11 is 0. The maximum Gasteiger partial charge on any atom is 0.233 e. The van der Waals surface area contributed by atoms with Crippen LogP contribution >= 0.6 is 0 Å². The maximum absolute atomic E-state index is 10.8. The lowest BCUT2D eigenvalue weighted by Gasteiger charge is -2.23. The van der Waals surface area contributed by atoms with Crippen molar-refractivity contribution in [3.05, 3.63) is 102 Å². The van der Waals surface area contributed by atoms with E-state index in [1.165, 1.54) is 0 Å². The van der Waals surface area contributed by atoms with Crippen LogP contribution in [0.2, 0.25) is 0 Å². The predicted molar refractivity (Wildman–Crippen MR) is 134 cm³/mol. The molecule has 0 aliphatic carbocycles. The van der Waals surface area contributed by atoms with Gasteiger partial charge in [-0.15, -0.1) is 0 Å². The van der Waals surface area contributed by atoms with E-state index < -0.39 is 5.60 Å². The molecule has 0 N–H and O–H groups in total. The van der Waals surface area contributed by atoms with Crippen LogP contribution in [0.4, 0.5) is 0 Å². The molecule has 4 nitrogen and oxygen atoms in total. The first kappa shape index (κ1) is 25.9. The second kappa shape index (κ2) is 13.9. The van der Waals surface area contributed by atoms with Crippen molar-refractivity contribution in [1.29, 1.82) is 0 Å². The second-order valence-corrected chi connectivity index (χ2v) is 7.50. The fourth-order valence-corrected chi connectivity index (χ4v) is 3.25. The summed E-state index contributed by atoms with van der Waals surface area (Å²) in [7, 11) is 3.21. The molecule has 0 heterocycles. The van der Waals surface area contributed by atoms with Gasteiger partial charge in [-0.3, -0.25) is 4.79 Å². The topological polar surface area (TPSA) is 44.8 Å². The minimum Gasteiger partial charge on any atom is -0.493 e. The lowest BCUT2D eigenvalue weighted by molar-refractivity contribution is 0.0447. The molecule has 33 heavy (non-hydrogen) atoms. The zero-order chi connectivity index (χ0) is 23.9. The van der Waals surface area contributed by atoms with E-state index in [9.17, 15) is 4.79 Å². The highest BCUT2D eigenvalue weighted by molar-refractivity contribution is 5.64. The fourth-order valence-electron chi connectivity index (χ4n) is 3.25. The molecule has 0 spiro atoms. The zero-order valence-electron chi connectivity index (χ0n) is 19.9. The molecule has 3 aromatic carbocycles. The van der Waals surface area contributed by atoms with Gasteiger partial charge in [0.2, 0.25) is 6.29 Å². The van der Waals surface area contributed by atoms with Gasteiger partial charge in [0.05, 0.1) is 7.11 Å². The normalized spacial score (nSPS) is 12.4. The van der Waals surface area contributed by atoms with Gasteiger partial charge >= 0.3 is 0 Å². The molecule has 4 heteroatoms. The van der Waals surface area contributed by atoms with Gasteiger partial charge in [-0.2, -0.15) is 0 Å². The molecule has 0 fully saturated rings. The minimum absolute atomic E-state index is 0.542. The number of rotatable bonds is 10. The molecule has 0 aromatic heterocycles. The smallest absolute Gasteiger partial charge is 0.233 e. The fraction of sp³-hybridized carbons (Fsp3) is 0.276. The van der Waals surface area contributed by atoms with E-state index in [0.29, 0.717) is 19.4 Å². The lowest BCUT2D eigenvalue weighted by atomic mass is 9.93. The largest absolute Gasteiger partial charge is 0.493 e. The van der Waals surface area contributed by atoms with E-state index >= 15 is 0 Å².